The number of hydrogen-bond acceptors (Lipinski definition) is 2. The van der Waals surface area contributed by atoms with Crippen LogP contribution in [0.1, 0.15) is 42.1 Å². The van der Waals surface area contributed by atoms with Crippen LogP contribution in [-0.4, -0.2) is 5.78 Å². The van der Waals surface area contributed by atoms with E-state index in [9.17, 15) is 4.79 Å². The van der Waals surface area contributed by atoms with Crippen LogP contribution < -0.4 is 4.90 Å². The number of carbonyl (C=O) groups is 1. The first-order chi connectivity index (χ1) is 12.8. The number of ketones is 1. The molecule has 3 aromatic carbocycles. The van der Waals surface area contributed by atoms with E-state index in [1.807, 2.05) is 30.3 Å². The highest BCUT2D eigenvalue weighted by atomic mass is 16.1. The zero-order valence-electron chi connectivity index (χ0n) is 15.0. The molecule has 1 heterocycles. The van der Waals surface area contributed by atoms with Gasteiger partial charge in [0.1, 0.15) is 6.04 Å². The Kier molecular flexibility index (Phi) is 4.57. The summed E-state index contributed by atoms with van der Waals surface area (Å²) >= 11 is 0. The van der Waals surface area contributed by atoms with Gasteiger partial charge in [0, 0.05) is 12.1 Å². The summed E-state index contributed by atoms with van der Waals surface area (Å²) in [6.07, 6.45) is 1.44. The molecule has 0 aromatic heterocycles. The van der Waals surface area contributed by atoms with Crippen LogP contribution in [0.5, 0.6) is 0 Å². The smallest absolute Gasteiger partial charge is 0.164 e. The van der Waals surface area contributed by atoms with Crippen molar-refractivity contribution in [1.82, 2.24) is 0 Å². The van der Waals surface area contributed by atoms with Crippen molar-refractivity contribution < 1.29 is 4.79 Å². The van der Waals surface area contributed by atoms with Crippen LogP contribution in [0.4, 0.5) is 5.69 Å². The summed E-state index contributed by atoms with van der Waals surface area (Å²) in [7, 11) is 0. The summed E-state index contributed by atoms with van der Waals surface area (Å²) in [5, 5.41) is 0. The third-order valence-corrected chi connectivity index (χ3v) is 5.24. The fraction of sp³-hybridized carbons (Fsp3) is 0.208. The van der Waals surface area contributed by atoms with Gasteiger partial charge < -0.3 is 4.90 Å². The lowest BCUT2D eigenvalue weighted by molar-refractivity contribution is -0.120. The van der Waals surface area contributed by atoms with Crippen LogP contribution in [-0.2, 0) is 11.2 Å². The van der Waals surface area contributed by atoms with Crippen molar-refractivity contribution in [2.45, 2.75) is 31.8 Å². The molecule has 0 amide bonds. The van der Waals surface area contributed by atoms with Gasteiger partial charge in [0.25, 0.3) is 0 Å². The van der Waals surface area contributed by atoms with E-state index < -0.39 is 0 Å². The van der Waals surface area contributed by atoms with Crippen molar-refractivity contribution in [3.8, 4) is 0 Å². The van der Waals surface area contributed by atoms with E-state index in [0.29, 0.717) is 6.42 Å². The van der Waals surface area contributed by atoms with Crippen LogP contribution in [0.15, 0.2) is 84.9 Å². The Bertz CT molecular complexity index is 888. The minimum Gasteiger partial charge on any atom is -0.350 e. The van der Waals surface area contributed by atoms with E-state index in [4.69, 9.17) is 0 Å². The van der Waals surface area contributed by atoms with E-state index in [-0.39, 0.29) is 17.9 Å². The van der Waals surface area contributed by atoms with E-state index in [0.717, 1.165) is 17.5 Å². The van der Waals surface area contributed by atoms with E-state index in [2.05, 4.69) is 66.4 Å². The second-order valence-corrected chi connectivity index (χ2v) is 6.83. The highest BCUT2D eigenvalue weighted by Crippen LogP contribution is 2.43. The summed E-state index contributed by atoms with van der Waals surface area (Å²) in [4.78, 5) is 15.5. The molecule has 130 valence electrons. The highest BCUT2D eigenvalue weighted by Gasteiger charge is 2.37. The van der Waals surface area contributed by atoms with Crippen molar-refractivity contribution in [3.63, 3.8) is 0 Å². The van der Waals surface area contributed by atoms with Gasteiger partial charge in [0.05, 0.1) is 6.04 Å². The van der Waals surface area contributed by atoms with Gasteiger partial charge in [-0.15, -0.1) is 0 Å². The molecule has 0 spiro atoms. The summed E-state index contributed by atoms with van der Waals surface area (Å²) in [6.45, 7) is 2.20. The van der Waals surface area contributed by atoms with Crippen LogP contribution in [0.2, 0.25) is 0 Å². The lowest BCUT2D eigenvalue weighted by atomic mass is 9.87. The number of benzene rings is 3. The average molecular weight is 341 g/mol. The average Bonchev–Trinajstić information content (AvgIpc) is 2.70. The SMILES string of the molecule is CC[C@H](c1ccccc1)N1c2ccccc2CC(=O)C1c1ccccc1. The zero-order chi connectivity index (χ0) is 17.9. The Labute approximate surface area is 155 Å². The molecule has 3 aromatic rings. The van der Waals surface area contributed by atoms with E-state index >= 15 is 0 Å². The van der Waals surface area contributed by atoms with Crippen molar-refractivity contribution in [2.75, 3.05) is 4.90 Å². The van der Waals surface area contributed by atoms with Gasteiger partial charge in [0.15, 0.2) is 5.78 Å². The lowest BCUT2D eigenvalue weighted by Crippen LogP contribution is -2.41. The Morgan fingerprint density at radius 3 is 2.19 bits per heavy atom. The van der Waals surface area contributed by atoms with Crippen LogP contribution in [0, 0.1) is 0 Å². The normalized spacial score (nSPS) is 17.7. The summed E-state index contributed by atoms with van der Waals surface area (Å²) in [5.41, 5.74) is 4.62. The largest absolute Gasteiger partial charge is 0.350 e. The molecule has 0 aliphatic carbocycles. The maximum atomic E-state index is 13.2. The molecule has 0 fully saturated rings. The van der Waals surface area contributed by atoms with Crippen LogP contribution in [0.3, 0.4) is 0 Å². The monoisotopic (exact) mass is 341 g/mol. The quantitative estimate of drug-likeness (QED) is 0.623. The minimum absolute atomic E-state index is 0.159. The number of anilines is 1. The van der Waals surface area contributed by atoms with Gasteiger partial charge in [-0.3, -0.25) is 4.79 Å². The highest BCUT2D eigenvalue weighted by molar-refractivity contribution is 5.94. The van der Waals surface area contributed by atoms with Crippen molar-refractivity contribution in [3.05, 3.63) is 102 Å². The van der Waals surface area contributed by atoms with Gasteiger partial charge in [-0.05, 0) is 29.2 Å². The first-order valence-corrected chi connectivity index (χ1v) is 9.28. The number of rotatable bonds is 4. The van der Waals surface area contributed by atoms with Gasteiger partial charge in [0.2, 0.25) is 0 Å². The molecule has 2 atom stereocenters. The first kappa shape index (κ1) is 16.6. The first-order valence-electron chi connectivity index (χ1n) is 9.28. The number of fused-ring (bicyclic) bond motifs is 1. The van der Waals surface area contributed by atoms with Gasteiger partial charge in [-0.2, -0.15) is 0 Å². The molecule has 4 rings (SSSR count). The fourth-order valence-corrected chi connectivity index (χ4v) is 4.09. The molecule has 0 bridgehead atoms. The molecule has 1 aliphatic heterocycles. The summed E-state index contributed by atoms with van der Waals surface area (Å²) in [6, 6.07) is 29.0. The molecule has 1 unspecified atom stereocenters. The second kappa shape index (κ2) is 7.17. The fourth-order valence-electron chi connectivity index (χ4n) is 4.09. The maximum absolute atomic E-state index is 13.2. The molecule has 0 N–H and O–H groups in total. The number of para-hydroxylation sites is 1. The number of Topliss-reactive ketones (excluding diaryl/α,β-unsaturated/α-hetero) is 1. The molecule has 26 heavy (non-hydrogen) atoms. The standard InChI is InChI=1S/C24H23NO/c1-2-21(18-11-5-3-6-12-18)25-22-16-10-9-15-20(22)17-23(26)24(25)19-13-7-4-8-14-19/h3-16,21,24H,2,17H2,1H3/t21-,24?/m1/s1. The Hall–Kier alpha value is -2.87. The zero-order valence-corrected chi connectivity index (χ0v) is 15.0. The Balaban J connectivity index is 1.89. The molecule has 2 nitrogen and oxygen atoms in total. The molecular formula is C24H23NO. The van der Waals surface area contributed by atoms with Crippen LogP contribution >= 0.6 is 0 Å². The number of hydrogen-bond donors (Lipinski definition) is 0. The molecule has 0 radical (unpaired) electrons. The Morgan fingerprint density at radius 1 is 0.885 bits per heavy atom. The molecule has 0 saturated heterocycles. The Morgan fingerprint density at radius 2 is 1.50 bits per heavy atom. The third kappa shape index (κ3) is 2.92. The third-order valence-electron chi connectivity index (χ3n) is 5.24. The number of nitrogens with zero attached hydrogens (tertiary/aromatic N) is 1. The topological polar surface area (TPSA) is 20.3 Å². The van der Waals surface area contributed by atoms with Crippen molar-refractivity contribution >= 4 is 11.5 Å². The maximum Gasteiger partial charge on any atom is 0.164 e. The molecular weight excluding hydrogens is 318 g/mol. The van der Waals surface area contributed by atoms with Gasteiger partial charge in [-0.1, -0.05) is 85.8 Å². The van der Waals surface area contributed by atoms with E-state index in [1.54, 1.807) is 0 Å². The molecule has 1 aliphatic rings. The number of carbonyl (C=O) groups excluding carboxylic acids is 1. The molecule has 2 heteroatoms. The van der Waals surface area contributed by atoms with Crippen molar-refractivity contribution in [2.24, 2.45) is 0 Å². The van der Waals surface area contributed by atoms with Crippen LogP contribution in [0.25, 0.3) is 0 Å². The van der Waals surface area contributed by atoms with Gasteiger partial charge >= 0.3 is 0 Å². The van der Waals surface area contributed by atoms with E-state index in [1.165, 1.54) is 11.3 Å². The predicted molar refractivity (Wildman–Crippen MR) is 106 cm³/mol. The summed E-state index contributed by atoms with van der Waals surface area (Å²) < 4.78 is 0. The molecule has 0 saturated carbocycles. The van der Waals surface area contributed by atoms with Crippen molar-refractivity contribution in [1.29, 1.82) is 0 Å². The summed E-state index contributed by atoms with van der Waals surface area (Å²) in [5.74, 6) is 0.268. The minimum atomic E-state index is -0.240. The lowest BCUT2D eigenvalue weighted by Gasteiger charge is -2.43. The predicted octanol–water partition coefficient (Wildman–Crippen LogP) is 5.51. The van der Waals surface area contributed by atoms with Gasteiger partial charge in [-0.25, -0.2) is 0 Å². The second-order valence-electron chi connectivity index (χ2n) is 6.83.